The average molecular weight is 422 g/mol. The number of para-hydroxylation sites is 1. The lowest BCUT2D eigenvalue weighted by Gasteiger charge is -2.24. The molecule has 1 amide bonds. The first-order valence-corrected chi connectivity index (χ1v) is 11.5. The molecule has 1 saturated heterocycles. The first-order chi connectivity index (χ1) is 15.0. The SMILES string of the molecule is CCc1cccc(CC)c1NC(=O)c1c(C)oc2ccc(O)c(C[NH+]3CCCCC3)c12. The number of amides is 1. The number of phenolic OH excluding ortho intramolecular Hbond substituents is 1. The fourth-order valence-corrected chi connectivity index (χ4v) is 4.88. The normalized spacial score (nSPS) is 14.8. The summed E-state index contributed by atoms with van der Waals surface area (Å²) in [6.45, 7) is 8.92. The molecular weight excluding hydrogens is 388 g/mol. The molecule has 1 aliphatic rings. The monoisotopic (exact) mass is 421 g/mol. The molecule has 0 aliphatic carbocycles. The van der Waals surface area contributed by atoms with Gasteiger partial charge in [0.15, 0.2) is 0 Å². The second-order valence-electron chi connectivity index (χ2n) is 8.57. The highest BCUT2D eigenvalue weighted by atomic mass is 16.3. The van der Waals surface area contributed by atoms with Gasteiger partial charge in [0.2, 0.25) is 0 Å². The van der Waals surface area contributed by atoms with Crippen molar-refractivity contribution in [1.29, 1.82) is 0 Å². The van der Waals surface area contributed by atoms with Crippen molar-refractivity contribution < 1.29 is 19.2 Å². The fraction of sp³-hybridized carbons (Fsp3) is 0.423. The molecule has 0 bridgehead atoms. The Labute approximate surface area is 184 Å². The zero-order valence-corrected chi connectivity index (χ0v) is 18.8. The van der Waals surface area contributed by atoms with Crippen LogP contribution in [0.15, 0.2) is 34.7 Å². The molecule has 1 fully saturated rings. The maximum atomic E-state index is 13.5. The topological polar surface area (TPSA) is 66.9 Å². The number of quaternary nitrogens is 1. The molecule has 0 atom stereocenters. The van der Waals surface area contributed by atoms with Crippen molar-refractivity contribution >= 4 is 22.6 Å². The zero-order valence-electron chi connectivity index (χ0n) is 18.8. The van der Waals surface area contributed by atoms with Gasteiger partial charge in [-0.05, 0) is 62.3 Å². The standard InChI is InChI=1S/C26H32N2O3/c1-4-18-10-9-11-19(5-2)25(18)27-26(30)23-17(3)31-22-13-12-21(29)20(24(22)23)16-28-14-7-6-8-15-28/h9-13,29H,4-8,14-16H2,1-3H3,(H,27,30)/p+1. The van der Waals surface area contributed by atoms with Crippen LogP contribution in [-0.2, 0) is 19.4 Å². The Kier molecular flexibility index (Phi) is 6.33. The third-order valence-corrected chi connectivity index (χ3v) is 6.57. The van der Waals surface area contributed by atoms with Crippen LogP contribution in [0, 0.1) is 6.92 Å². The fourth-order valence-electron chi connectivity index (χ4n) is 4.88. The molecule has 3 aromatic rings. The molecule has 1 aromatic heterocycles. The highest BCUT2D eigenvalue weighted by Crippen LogP contribution is 2.34. The summed E-state index contributed by atoms with van der Waals surface area (Å²) in [7, 11) is 0. The van der Waals surface area contributed by atoms with Crippen molar-refractivity contribution in [3.8, 4) is 5.75 Å². The van der Waals surface area contributed by atoms with E-state index >= 15 is 0 Å². The van der Waals surface area contributed by atoms with E-state index in [0.29, 0.717) is 23.5 Å². The van der Waals surface area contributed by atoms with E-state index in [1.165, 1.54) is 24.2 Å². The average Bonchev–Trinajstić information content (AvgIpc) is 3.12. The summed E-state index contributed by atoms with van der Waals surface area (Å²) < 4.78 is 5.97. The van der Waals surface area contributed by atoms with Gasteiger partial charge in [0.25, 0.3) is 5.91 Å². The number of phenols is 1. The molecule has 2 aromatic carbocycles. The lowest BCUT2D eigenvalue weighted by atomic mass is 10.00. The van der Waals surface area contributed by atoms with Crippen molar-refractivity contribution in [3.05, 3.63) is 58.3 Å². The predicted octanol–water partition coefficient (Wildman–Crippen LogP) is 4.39. The van der Waals surface area contributed by atoms with Gasteiger partial charge in [-0.1, -0.05) is 32.0 Å². The highest BCUT2D eigenvalue weighted by molar-refractivity contribution is 6.14. The number of nitrogens with one attached hydrogen (secondary N) is 2. The van der Waals surface area contributed by atoms with Crippen LogP contribution in [0.1, 0.15) is 65.9 Å². The molecule has 0 saturated carbocycles. The van der Waals surface area contributed by atoms with Crippen LogP contribution >= 0.6 is 0 Å². The van der Waals surface area contributed by atoms with E-state index in [1.807, 2.05) is 13.0 Å². The number of carbonyl (C=O) groups is 1. The number of furan rings is 1. The van der Waals surface area contributed by atoms with Crippen molar-refractivity contribution in [1.82, 2.24) is 0 Å². The lowest BCUT2D eigenvalue weighted by molar-refractivity contribution is -0.918. The highest BCUT2D eigenvalue weighted by Gasteiger charge is 2.26. The zero-order chi connectivity index (χ0) is 22.0. The van der Waals surface area contributed by atoms with E-state index in [-0.39, 0.29) is 11.7 Å². The Bertz CT molecular complexity index is 1070. The van der Waals surface area contributed by atoms with Crippen molar-refractivity contribution in [3.63, 3.8) is 0 Å². The Balaban J connectivity index is 1.76. The number of piperidine rings is 1. The van der Waals surface area contributed by atoms with Crippen molar-refractivity contribution in [2.75, 3.05) is 18.4 Å². The summed E-state index contributed by atoms with van der Waals surface area (Å²) in [4.78, 5) is 15.0. The maximum absolute atomic E-state index is 13.5. The van der Waals surface area contributed by atoms with Crippen LogP contribution in [0.5, 0.6) is 5.75 Å². The smallest absolute Gasteiger partial charge is 0.259 e. The molecule has 5 nitrogen and oxygen atoms in total. The largest absolute Gasteiger partial charge is 0.507 e. The molecule has 2 heterocycles. The molecule has 1 aliphatic heterocycles. The first kappa shape index (κ1) is 21.4. The number of rotatable bonds is 6. The van der Waals surface area contributed by atoms with Gasteiger partial charge in [0, 0.05) is 11.1 Å². The maximum Gasteiger partial charge on any atom is 0.259 e. The number of fused-ring (bicyclic) bond motifs is 1. The van der Waals surface area contributed by atoms with Crippen LogP contribution in [0.2, 0.25) is 0 Å². The van der Waals surface area contributed by atoms with Crippen molar-refractivity contribution in [2.24, 2.45) is 0 Å². The minimum absolute atomic E-state index is 0.174. The van der Waals surface area contributed by atoms with Gasteiger partial charge < -0.3 is 19.7 Å². The van der Waals surface area contributed by atoms with Gasteiger partial charge in [-0.2, -0.15) is 0 Å². The Morgan fingerprint density at radius 3 is 2.39 bits per heavy atom. The van der Waals surface area contributed by atoms with Crippen LogP contribution < -0.4 is 10.2 Å². The molecule has 0 radical (unpaired) electrons. The Hall–Kier alpha value is -2.79. The van der Waals surface area contributed by atoms with Gasteiger partial charge in [-0.25, -0.2) is 0 Å². The lowest BCUT2D eigenvalue weighted by Crippen LogP contribution is -3.11. The summed E-state index contributed by atoms with van der Waals surface area (Å²) in [5.41, 5.74) is 5.15. The second-order valence-corrected chi connectivity index (χ2v) is 8.57. The van der Waals surface area contributed by atoms with E-state index in [2.05, 4.69) is 31.3 Å². The number of benzene rings is 2. The van der Waals surface area contributed by atoms with E-state index in [0.717, 1.165) is 53.7 Å². The van der Waals surface area contributed by atoms with Gasteiger partial charge in [-0.3, -0.25) is 4.79 Å². The summed E-state index contributed by atoms with van der Waals surface area (Å²) >= 11 is 0. The van der Waals surface area contributed by atoms with Gasteiger partial charge >= 0.3 is 0 Å². The molecule has 0 unspecified atom stereocenters. The summed E-state index contributed by atoms with van der Waals surface area (Å²) in [6, 6.07) is 9.62. The summed E-state index contributed by atoms with van der Waals surface area (Å²) in [6.07, 6.45) is 5.38. The summed E-state index contributed by atoms with van der Waals surface area (Å²) in [5.74, 6) is 0.649. The van der Waals surface area contributed by atoms with E-state index in [4.69, 9.17) is 4.42 Å². The number of aromatic hydroxyl groups is 1. The third-order valence-electron chi connectivity index (χ3n) is 6.57. The number of hydrogen-bond acceptors (Lipinski definition) is 3. The van der Waals surface area contributed by atoms with E-state index in [9.17, 15) is 9.90 Å². The van der Waals surface area contributed by atoms with Gasteiger partial charge in [0.1, 0.15) is 23.6 Å². The number of hydrogen-bond donors (Lipinski definition) is 3. The molecule has 5 heteroatoms. The number of aryl methyl sites for hydroxylation is 3. The molecule has 31 heavy (non-hydrogen) atoms. The Morgan fingerprint density at radius 2 is 1.74 bits per heavy atom. The molecule has 164 valence electrons. The first-order valence-electron chi connectivity index (χ1n) is 11.5. The minimum atomic E-state index is -0.174. The second kappa shape index (κ2) is 9.15. The number of carbonyl (C=O) groups excluding carboxylic acids is 1. The van der Waals surface area contributed by atoms with Crippen LogP contribution in [0.25, 0.3) is 11.0 Å². The van der Waals surface area contributed by atoms with Crippen molar-refractivity contribution in [2.45, 2.75) is 59.4 Å². The van der Waals surface area contributed by atoms with Gasteiger partial charge in [-0.15, -0.1) is 0 Å². The molecule has 3 N–H and O–H groups in total. The van der Waals surface area contributed by atoms with Crippen LogP contribution in [0.4, 0.5) is 5.69 Å². The molecule has 4 rings (SSSR count). The number of anilines is 1. The quantitative estimate of drug-likeness (QED) is 0.553. The molecule has 0 spiro atoms. The summed E-state index contributed by atoms with van der Waals surface area (Å²) in [5, 5.41) is 14.7. The Morgan fingerprint density at radius 1 is 1.06 bits per heavy atom. The van der Waals surface area contributed by atoms with Gasteiger partial charge in [0.05, 0.1) is 24.2 Å². The predicted molar refractivity (Wildman–Crippen MR) is 124 cm³/mol. The molecular formula is C26H33N2O3+. The van der Waals surface area contributed by atoms with E-state index < -0.39 is 0 Å². The van der Waals surface area contributed by atoms with Crippen LogP contribution in [0.3, 0.4) is 0 Å². The minimum Gasteiger partial charge on any atom is -0.507 e. The van der Waals surface area contributed by atoms with E-state index in [1.54, 1.807) is 12.1 Å². The third kappa shape index (κ3) is 4.19. The van der Waals surface area contributed by atoms with Crippen LogP contribution in [-0.4, -0.2) is 24.1 Å². The number of likely N-dealkylation sites (tertiary alicyclic amines) is 1.